The van der Waals surface area contributed by atoms with Crippen LogP contribution >= 0.6 is 0 Å². The molecule has 1 amide bonds. The predicted octanol–water partition coefficient (Wildman–Crippen LogP) is 1.59. The monoisotopic (exact) mass is 563 g/mol. The van der Waals surface area contributed by atoms with Crippen LogP contribution in [0.2, 0.25) is 0 Å². The van der Waals surface area contributed by atoms with Crippen LogP contribution in [0.5, 0.6) is 0 Å². The number of amides is 1. The number of morpholine rings is 2. The molecule has 13 heteroatoms. The first-order valence-electron chi connectivity index (χ1n) is 13.9. The van der Waals surface area contributed by atoms with Gasteiger partial charge in [-0.3, -0.25) is 9.69 Å². The molecule has 0 atom stereocenters. The van der Waals surface area contributed by atoms with Gasteiger partial charge < -0.3 is 29.9 Å². The lowest BCUT2D eigenvalue weighted by molar-refractivity contribution is 0.0338. The van der Waals surface area contributed by atoms with Crippen molar-refractivity contribution in [3.05, 3.63) is 47.5 Å². The Bertz CT molecular complexity index is 1400. The second-order valence-electron chi connectivity index (χ2n) is 10.4. The van der Waals surface area contributed by atoms with Gasteiger partial charge in [0.05, 0.1) is 37.8 Å². The molecule has 0 spiro atoms. The molecule has 2 saturated heterocycles. The Labute approximate surface area is 237 Å². The summed E-state index contributed by atoms with van der Waals surface area (Å²) in [4.78, 5) is 39.0. The highest BCUT2D eigenvalue weighted by Gasteiger charge is 2.31. The van der Waals surface area contributed by atoms with Gasteiger partial charge in [0.25, 0.3) is 5.91 Å². The van der Waals surface area contributed by atoms with Gasteiger partial charge in [0, 0.05) is 81.9 Å². The van der Waals surface area contributed by atoms with Gasteiger partial charge in [0.2, 0.25) is 11.9 Å². The number of likely N-dealkylation sites (N-methyl/N-ethyl adjacent to an activating group) is 1. The zero-order chi connectivity index (χ0) is 28.3. The van der Waals surface area contributed by atoms with Crippen molar-refractivity contribution in [2.45, 2.75) is 6.42 Å². The van der Waals surface area contributed by atoms with Crippen LogP contribution in [-0.4, -0.2) is 115 Å². The number of rotatable bonds is 7. The summed E-state index contributed by atoms with van der Waals surface area (Å²) in [7, 11) is 1.75. The van der Waals surface area contributed by atoms with Gasteiger partial charge in [-0.25, -0.2) is 19.3 Å². The summed E-state index contributed by atoms with van der Waals surface area (Å²) in [5.74, 6) is 0.661. The minimum absolute atomic E-state index is 0.179. The molecule has 6 rings (SSSR count). The van der Waals surface area contributed by atoms with E-state index in [2.05, 4.69) is 19.8 Å². The normalized spacial score (nSPS) is 17.5. The third-order valence-electron chi connectivity index (χ3n) is 7.74. The summed E-state index contributed by atoms with van der Waals surface area (Å²) in [6.07, 6.45) is 3.91. The van der Waals surface area contributed by atoms with Crippen LogP contribution in [0.25, 0.3) is 11.3 Å². The van der Waals surface area contributed by atoms with E-state index in [1.54, 1.807) is 36.5 Å². The Morgan fingerprint density at radius 3 is 2.44 bits per heavy atom. The van der Waals surface area contributed by atoms with Gasteiger partial charge in [-0.2, -0.15) is 4.98 Å². The van der Waals surface area contributed by atoms with Crippen LogP contribution in [0, 0.1) is 5.82 Å². The largest absolute Gasteiger partial charge is 0.379 e. The van der Waals surface area contributed by atoms with E-state index in [0.29, 0.717) is 87.7 Å². The molecule has 2 aromatic heterocycles. The highest BCUT2D eigenvalue weighted by molar-refractivity contribution is 5.94. The number of carbonyl (C=O) groups excluding carboxylic acids is 1. The molecule has 2 fully saturated rings. The van der Waals surface area contributed by atoms with E-state index < -0.39 is 5.82 Å². The number of hydrogen-bond donors (Lipinski definition) is 1. The number of aromatic nitrogens is 4. The molecule has 0 unspecified atom stereocenters. The third kappa shape index (κ3) is 5.78. The highest BCUT2D eigenvalue weighted by atomic mass is 19.1. The standard InChI is InChI=1S/C28H34FN9O3/c1-35(6-7-36-8-12-40-13-9-36)26(39)19-2-3-23(22(29)16-19)38-5-4-21-24(20-17-31-27(30)32-18-20)33-28(34-25(21)38)37-10-14-41-15-11-37/h2-3,16-18H,4-15H2,1H3,(H2,30,31,32). The number of ether oxygens (including phenoxy) is 2. The fourth-order valence-electron chi connectivity index (χ4n) is 5.38. The van der Waals surface area contributed by atoms with Crippen molar-refractivity contribution in [3.8, 4) is 11.3 Å². The molecule has 0 saturated carbocycles. The van der Waals surface area contributed by atoms with Crippen molar-refractivity contribution >= 4 is 29.3 Å². The Balaban J connectivity index is 1.27. The lowest BCUT2D eigenvalue weighted by Crippen LogP contribution is -2.41. The summed E-state index contributed by atoms with van der Waals surface area (Å²) in [6, 6.07) is 4.67. The third-order valence-corrected chi connectivity index (χ3v) is 7.74. The number of nitrogen functional groups attached to an aromatic ring is 1. The lowest BCUT2D eigenvalue weighted by Gasteiger charge is -2.29. The second-order valence-corrected chi connectivity index (χ2v) is 10.4. The molecule has 1 aromatic carbocycles. The van der Waals surface area contributed by atoms with Crippen molar-refractivity contribution < 1.29 is 18.7 Å². The van der Waals surface area contributed by atoms with E-state index in [1.165, 1.54) is 6.07 Å². The first kappa shape index (κ1) is 27.2. The number of nitrogens with two attached hydrogens (primary N) is 1. The SMILES string of the molecule is CN(CCN1CCOCC1)C(=O)c1ccc(N2CCc3c(-c4cnc(N)nc4)nc(N4CCOCC4)nc32)c(F)c1. The van der Waals surface area contributed by atoms with Crippen LogP contribution < -0.4 is 15.5 Å². The topological polar surface area (TPSA) is 126 Å². The molecule has 5 heterocycles. The van der Waals surface area contributed by atoms with Crippen molar-refractivity contribution in [1.82, 2.24) is 29.7 Å². The van der Waals surface area contributed by atoms with E-state index in [-0.39, 0.29) is 11.9 Å². The van der Waals surface area contributed by atoms with Gasteiger partial charge >= 0.3 is 0 Å². The van der Waals surface area contributed by atoms with Gasteiger partial charge in [0.15, 0.2) is 0 Å². The maximum absolute atomic E-state index is 15.7. The molecule has 0 bridgehead atoms. The van der Waals surface area contributed by atoms with Crippen LogP contribution in [-0.2, 0) is 15.9 Å². The van der Waals surface area contributed by atoms with E-state index in [9.17, 15) is 4.79 Å². The van der Waals surface area contributed by atoms with Gasteiger partial charge in [-0.15, -0.1) is 0 Å². The summed E-state index contributed by atoms with van der Waals surface area (Å²) in [5.41, 5.74) is 8.70. The van der Waals surface area contributed by atoms with Crippen molar-refractivity contribution in [3.63, 3.8) is 0 Å². The predicted molar refractivity (Wildman–Crippen MR) is 152 cm³/mol. The quantitative estimate of drug-likeness (QED) is 0.450. The van der Waals surface area contributed by atoms with Crippen molar-refractivity contribution in [2.24, 2.45) is 0 Å². The van der Waals surface area contributed by atoms with Gasteiger partial charge in [-0.05, 0) is 24.6 Å². The summed E-state index contributed by atoms with van der Waals surface area (Å²) in [6.45, 7) is 7.41. The van der Waals surface area contributed by atoms with Gasteiger partial charge in [-0.1, -0.05) is 0 Å². The fraction of sp³-hybridized carbons (Fsp3) is 0.464. The van der Waals surface area contributed by atoms with Gasteiger partial charge in [0.1, 0.15) is 11.6 Å². The van der Waals surface area contributed by atoms with Crippen LogP contribution in [0.1, 0.15) is 15.9 Å². The van der Waals surface area contributed by atoms with Crippen LogP contribution in [0.3, 0.4) is 0 Å². The molecule has 3 aliphatic heterocycles. The molecule has 2 N–H and O–H groups in total. The molecule has 3 aliphatic rings. The number of fused-ring (bicyclic) bond motifs is 1. The van der Waals surface area contributed by atoms with Crippen molar-refractivity contribution in [2.75, 3.05) is 94.8 Å². The molecule has 3 aromatic rings. The minimum Gasteiger partial charge on any atom is -0.379 e. The van der Waals surface area contributed by atoms with Crippen LogP contribution in [0.4, 0.5) is 27.8 Å². The summed E-state index contributed by atoms with van der Waals surface area (Å²) >= 11 is 0. The Hall–Kier alpha value is -3.94. The van der Waals surface area contributed by atoms with E-state index in [1.807, 2.05) is 4.90 Å². The molecule has 12 nitrogen and oxygen atoms in total. The Kier molecular flexibility index (Phi) is 7.90. The molecule has 41 heavy (non-hydrogen) atoms. The average molecular weight is 564 g/mol. The first-order chi connectivity index (χ1) is 20.0. The smallest absolute Gasteiger partial charge is 0.253 e. The molecular formula is C28H34FN9O3. The molecule has 216 valence electrons. The maximum Gasteiger partial charge on any atom is 0.253 e. The Morgan fingerprint density at radius 2 is 1.73 bits per heavy atom. The maximum atomic E-state index is 15.7. The second kappa shape index (κ2) is 11.9. The first-order valence-corrected chi connectivity index (χ1v) is 13.9. The van der Waals surface area contributed by atoms with E-state index >= 15 is 4.39 Å². The minimum atomic E-state index is -0.478. The molecular weight excluding hydrogens is 529 g/mol. The van der Waals surface area contributed by atoms with Crippen LogP contribution in [0.15, 0.2) is 30.6 Å². The molecule has 0 radical (unpaired) electrons. The van der Waals surface area contributed by atoms with Crippen molar-refractivity contribution in [1.29, 1.82) is 0 Å². The zero-order valence-electron chi connectivity index (χ0n) is 23.1. The summed E-state index contributed by atoms with van der Waals surface area (Å²) < 4.78 is 26.6. The lowest BCUT2D eigenvalue weighted by atomic mass is 10.1. The number of nitrogens with zero attached hydrogens (tertiary/aromatic N) is 8. The van der Waals surface area contributed by atoms with E-state index in [0.717, 1.165) is 30.8 Å². The highest BCUT2D eigenvalue weighted by Crippen LogP contribution is 2.40. The number of hydrogen-bond acceptors (Lipinski definition) is 11. The molecule has 0 aliphatic carbocycles. The number of benzene rings is 1. The average Bonchev–Trinajstić information content (AvgIpc) is 3.44. The zero-order valence-corrected chi connectivity index (χ0v) is 23.1. The Morgan fingerprint density at radius 1 is 1.02 bits per heavy atom. The summed E-state index contributed by atoms with van der Waals surface area (Å²) in [5, 5.41) is 0. The fourth-order valence-corrected chi connectivity index (χ4v) is 5.38. The number of carbonyl (C=O) groups is 1. The van der Waals surface area contributed by atoms with E-state index in [4.69, 9.17) is 25.2 Å². The number of anilines is 4. The number of halogens is 1.